The summed E-state index contributed by atoms with van der Waals surface area (Å²) < 4.78 is 41.1. The van der Waals surface area contributed by atoms with E-state index in [0.717, 1.165) is 34.2 Å². The van der Waals surface area contributed by atoms with Crippen LogP contribution >= 0.6 is 0 Å². The number of aromatic nitrogens is 4. The predicted molar refractivity (Wildman–Crippen MR) is 91.9 cm³/mol. The first-order valence-electron chi connectivity index (χ1n) is 8.83. The predicted octanol–water partition coefficient (Wildman–Crippen LogP) is 3.42. The summed E-state index contributed by atoms with van der Waals surface area (Å²) in [6, 6.07) is 7.01. The molecule has 27 heavy (non-hydrogen) atoms. The molecule has 2 aromatic heterocycles. The van der Waals surface area contributed by atoms with Gasteiger partial charge in [0.15, 0.2) is 5.65 Å². The Morgan fingerprint density at radius 2 is 2.04 bits per heavy atom. The molecule has 4 rings (SSSR count). The van der Waals surface area contributed by atoms with Crippen LogP contribution < -0.4 is 0 Å². The van der Waals surface area contributed by atoms with E-state index in [9.17, 15) is 18.0 Å². The highest BCUT2D eigenvalue weighted by Crippen LogP contribution is 2.31. The second kappa shape index (κ2) is 6.47. The molecule has 0 spiro atoms. The Labute approximate surface area is 152 Å². The van der Waals surface area contributed by atoms with E-state index >= 15 is 0 Å². The number of halogens is 3. The molecule has 1 aliphatic rings. The van der Waals surface area contributed by atoms with Crippen LogP contribution in [0.1, 0.15) is 36.8 Å². The van der Waals surface area contributed by atoms with E-state index < -0.39 is 18.1 Å². The van der Waals surface area contributed by atoms with E-state index in [1.165, 1.54) is 4.52 Å². The van der Waals surface area contributed by atoms with Crippen LogP contribution in [0.25, 0.3) is 16.6 Å². The number of hydrogen-bond acceptors (Lipinski definition) is 4. The number of rotatable bonds is 3. The van der Waals surface area contributed by atoms with Gasteiger partial charge in [0, 0.05) is 17.0 Å². The fourth-order valence-corrected chi connectivity index (χ4v) is 3.92. The van der Waals surface area contributed by atoms with Gasteiger partial charge in [0.25, 0.3) is 0 Å². The number of carbonyl (C=O) groups is 1. The van der Waals surface area contributed by atoms with Crippen LogP contribution in [-0.4, -0.2) is 43.1 Å². The van der Waals surface area contributed by atoms with Gasteiger partial charge in [-0.25, -0.2) is 0 Å². The Morgan fingerprint density at radius 3 is 2.74 bits per heavy atom. The van der Waals surface area contributed by atoms with Crippen molar-refractivity contribution in [3.05, 3.63) is 35.4 Å². The van der Waals surface area contributed by atoms with Gasteiger partial charge in [-0.15, -0.1) is 5.10 Å². The lowest BCUT2D eigenvalue weighted by atomic mass is 10.1. The number of aryl methyl sites for hydroxylation is 1. The average Bonchev–Trinajstić information content (AvgIpc) is 3.29. The number of alkyl halides is 3. The number of fused-ring (bicyclic) bond motifs is 3. The first-order valence-corrected chi connectivity index (χ1v) is 8.83. The molecule has 142 valence electrons. The lowest BCUT2D eigenvalue weighted by Gasteiger charge is -2.30. The summed E-state index contributed by atoms with van der Waals surface area (Å²) in [5.74, 6) is -1.80. The fourth-order valence-electron chi connectivity index (χ4n) is 3.92. The number of pyridine rings is 1. The molecule has 2 heterocycles. The van der Waals surface area contributed by atoms with Gasteiger partial charge in [-0.05, 0) is 41.8 Å². The minimum absolute atomic E-state index is 0.170. The minimum atomic E-state index is -4.90. The van der Waals surface area contributed by atoms with Crippen molar-refractivity contribution in [3.8, 4) is 0 Å². The molecule has 0 atom stereocenters. The summed E-state index contributed by atoms with van der Waals surface area (Å²) >= 11 is 0. The van der Waals surface area contributed by atoms with Gasteiger partial charge in [-0.2, -0.15) is 17.7 Å². The van der Waals surface area contributed by atoms with Crippen molar-refractivity contribution in [1.29, 1.82) is 0 Å². The standard InChI is InChI=1S/C18H18F3N5O/c1-11-5-4-6-12-9-13(16-22-23-24-26(16)15(11)12)10-25(14-7-2-3-8-14)17(27)18(19,20)21/h4-6,9,14H,2-3,7-8,10H2,1H3. The van der Waals surface area contributed by atoms with Crippen LogP contribution in [0, 0.1) is 6.92 Å². The number of para-hydroxylation sites is 1. The maximum atomic E-state index is 13.2. The summed E-state index contributed by atoms with van der Waals surface area (Å²) in [4.78, 5) is 13.0. The highest BCUT2D eigenvalue weighted by molar-refractivity contribution is 5.86. The summed E-state index contributed by atoms with van der Waals surface area (Å²) in [6.45, 7) is 1.75. The Balaban J connectivity index is 1.82. The summed E-state index contributed by atoms with van der Waals surface area (Å²) in [6.07, 6.45) is -2.10. The van der Waals surface area contributed by atoms with Gasteiger partial charge in [0.05, 0.1) is 12.1 Å². The molecule has 1 amide bonds. The van der Waals surface area contributed by atoms with E-state index in [4.69, 9.17) is 0 Å². The second-order valence-corrected chi connectivity index (χ2v) is 6.97. The number of carbonyl (C=O) groups excluding carboxylic acids is 1. The van der Waals surface area contributed by atoms with Crippen LogP contribution in [0.15, 0.2) is 24.3 Å². The number of amides is 1. The molecule has 0 unspecified atom stereocenters. The molecular formula is C18H18F3N5O. The van der Waals surface area contributed by atoms with Crippen LogP contribution in [0.5, 0.6) is 0 Å². The number of benzene rings is 1. The lowest BCUT2D eigenvalue weighted by molar-refractivity contribution is -0.188. The van der Waals surface area contributed by atoms with E-state index in [2.05, 4.69) is 15.5 Å². The summed E-state index contributed by atoms with van der Waals surface area (Å²) in [5.41, 5.74) is 2.63. The molecule has 0 N–H and O–H groups in total. The first-order chi connectivity index (χ1) is 12.9. The smallest absolute Gasteiger partial charge is 0.327 e. The third-order valence-electron chi connectivity index (χ3n) is 5.18. The largest absolute Gasteiger partial charge is 0.471 e. The first kappa shape index (κ1) is 17.7. The van der Waals surface area contributed by atoms with Crippen LogP contribution in [-0.2, 0) is 11.3 Å². The van der Waals surface area contributed by atoms with Crippen LogP contribution in [0.2, 0.25) is 0 Å². The fraction of sp³-hybridized carbons (Fsp3) is 0.444. The van der Waals surface area contributed by atoms with Crippen molar-refractivity contribution in [2.24, 2.45) is 0 Å². The molecule has 3 aromatic rings. The Hall–Kier alpha value is -2.71. The van der Waals surface area contributed by atoms with Crippen molar-refractivity contribution in [3.63, 3.8) is 0 Å². The minimum Gasteiger partial charge on any atom is -0.327 e. The van der Waals surface area contributed by atoms with Crippen molar-refractivity contribution in [2.75, 3.05) is 0 Å². The van der Waals surface area contributed by atoms with Crippen molar-refractivity contribution >= 4 is 22.5 Å². The molecule has 6 nitrogen and oxygen atoms in total. The zero-order chi connectivity index (χ0) is 19.2. The summed E-state index contributed by atoms with van der Waals surface area (Å²) in [7, 11) is 0. The highest BCUT2D eigenvalue weighted by Gasteiger charge is 2.45. The number of tetrazole rings is 1. The molecule has 0 saturated heterocycles. The lowest BCUT2D eigenvalue weighted by Crippen LogP contribution is -2.45. The maximum Gasteiger partial charge on any atom is 0.471 e. The zero-order valence-electron chi connectivity index (χ0n) is 14.7. The molecular weight excluding hydrogens is 359 g/mol. The van der Waals surface area contributed by atoms with E-state index in [-0.39, 0.29) is 6.54 Å². The second-order valence-electron chi connectivity index (χ2n) is 6.97. The molecule has 1 saturated carbocycles. The average molecular weight is 377 g/mol. The molecule has 0 aliphatic heterocycles. The van der Waals surface area contributed by atoms with Gasteiger partial charge >= 0.3 is 12.1 Å². The molecule has 9 heteroatoms. The SMILES string of the molecule is Cc1cccc2cc(CN(C(=O)C(F)(F)F)C3CCCC3)c3nnnn3c12. The normalized spacial score (nSPS) is 15.7. The monoisotopic (exact) mass is 377 g/mol. The van der Waals surface area contributed by atoms with Gasteiger partial charge in [0.2, 0.25) is 0 Å². The molecule has 0 radical (unpaired) electrons. The molecule has 1 fully saturated rings. The van der Waals surface area contributed by atoms with Crippen LogP contribution in [0.4, 0.5) is 13.2 Å². The summed E-state index contributed by atoms with van der Waals surface area (Å²) in [5, 5.41) is 12.5. The topological polar surface area (TPSA) is 63.4 Å². The van der Waals surface area contributed by atoms with E-state index in [1.54, 1.807) is 6.07 Å². The van der Waals surface area contributed by atoms with E-state index in [0.29, 0.717) is 24.1 Å². The van der Waals surface area contributed by atoms with Gasteiger partial charge < -0.3 is 4.90 Å². The van der Waals surface area contributed by atoms with Gasteiger partial charge in [0.1, 0.15) is 0 Å². The zero-order valence-corrected chi connectivity index (χ0v) is 14.7. The molecule has 0 bridgehead atoms. The number of nitrogens with zero attached hydrogens (tertiary/aromatic N) is 5. The third-order valence-corrected chi connectivity index (χ3v) is 5.18. The van der Waals surface area contributed by atoms with Crippen LogP contribution in [0.3, 0.4) is 0 Å². The maximum absolute atomic E-state index is 13.2. The van der Waals surface area contributed by atoms with Gasteiger partial charge in [-0.3, -0.25) is 4.79 Å². The highest BCUT2D eigenvalue weighted by atomic mass is 19.4. The molecule has 1 aliphatic carbocycles. The van der Waals surface area contributed by atoms with Crippen molar-refractivity contribution in [1.82, 2.24) is 24.9 Å². The van der Waals surface area contributed by atoms with Crippen molar-refractivity contribution < 1.29 is 18.0 Å². The Bertz CT molecular complexity index is 1010. The van der Waals surface area contributed by atoms with Crippen molar-refractivity contribution in [2.45, 2.75) is 51.4 Å². The van der Waals surface area contributed by atoms with E-state index in [1.807, 2.05) is 25.1 Å². The number of hydrogen-bond donors (Lipinski definition) is 0. The third kappa shape index (κ3) is 3.11. The Morgan fingerprint density at radius 1 is 1.30 bits per heavy atom. The van der Waals surface area contributed by atoms with Gasteiger partial charge in [-0.1, -0.05) is 31.0 Å². The molecule has 1 aromatic carbocycles. The Kier molecular flexibility index (Phi) is 4.24. The quantitative estimate of drug-likeness (QED) is 0.702.